The number of amides is 1. The number of rotatable bonds is 7. The van der Waals surface area contributed by atoms with Gasteiger partial charge in [-0.1, -0.05) is 6.92 Å². The SMILES string of the molecule is CCCC(=O)NCCn1cnc(-c2ccc(OC)cc2)cc1=O. The van der Waals surface area contributed by atoms with Crippen LogP contribution in [-0.2, 0) is 11.3 Å². The Morgan fingerprint density at radius 3 is 2.65 bits per heavy atom. The Balaban J connectivity index is 2.02. The van der Waals surface area contributed by atoms with Crippen LogP contribution in [0.15, 0.2) is 41.5 Å². The van der Waals surface area contributed by atoms with Crippen LogP contribution in [0.4, 0.5) is 0 Å². The zero-order chi connectivity index (χ0) is 16.7. The highest BCUT2D eigenvalue weighted by Gasteiger charge is 2.04. The van der Waals surface area contributed by atoms with Gasteiger partial charge in [0.15, 0.2) is 0 Å². The summed E-state index contributed by atoms with van der Waals surface area (Å²) in [5.41, 5.74) is 1.32. The molecule has 1 aromatic heterocycles. The van der Waals surface area contributed by atoms with Crippen molar-refractivity contribution in [3.63, 3.8) is 0 Å². The summed E-state index contributed by atoms with van der Waals surface area (Å²) in [6, 6.07) is 8.86. The van der Waals surface area contributed by atoms with Crippen molar-refractivity contribution in [2.24, 2.45) is 0 Å². The Morgan fingerprint density at radius 2 is 2.04 bits per heavy atom. The predicted octanol–water partition coefficient (Wildman–Crippen LogP) is 1.84. The van der Waals surface area contributed by atoms with Gasteiger partial charge >= 0.3 is 0 Å². The number of nitrogens with one attached hydrogen (secondary N) is 1. The molecule has 0 unspecified atom stereocenters. The highest BCUT2D eigenvalue weighted by Crippen LogP contribution is 2.19. The van der Waals surface area contributed by atoms with E-state index >= 15 is 0 Å². The normalized spacial score (nSPS) is 10.3. The van der Waals surface area contributed by atoms with Crippen LogP contribution in [0.25, 0.3) is 11.3 Å². The molecule has 2 aromatic rings. The molecule has 0 bridgehead atoms. The first kappa shape index (κ1) is 16.7. The van der Waals surface area contributed by atoms with Gasteiger partial charge in [-0.2, -0.15) is 0 Å². The van der Waals surface area contributed by atoms with E-state index in [0.717, 1.165) is 17.7 Å². The van der Waals surface area contributed by atoms with E-state index in [-0.39, 0.29) is 11.5 Å². The maximum atomic E-state index is 12.1. The van der Waals surface area contributed by atoms with Gasteiger partial charge in [0.2, 0.25) is 5.91 Å². The van der Waals surface area contributed by atoms with Gasteiger partial charge in [0.05, 0.1) is 19.1 Å². The van der Waals surface area contributed by atoms with Crippen molar-refractivity contribution >= 4 is 5.91 Å². The number of carbonyl (C=O) groups excluding carboxylic acids is 1. The minimum Gasteiger partial charge on any atom is -0.497 e. The maximum absolute atomic E-state index is 12.1. The molecular formula is C17H21N3O3. The summed E-state index contributed by atoms with van der Waals surface area (Å²) in [6.07, 6.45) is 2.82. The molecule has 0 spiro atoms. The molecule has 1 N–H and O–H groups in total. The lowest BCUT2D eigenvalue weighted by Gasteiger charge is -2.08. The van der Waals surface area contributed by atoms with Crippen LogP contribution in [-0.4, -0.2) is 29.1 Å². The molecule has 0 radical (unpaired) electrons. The Morgan fingerprint density at radius 1 is 1.30 bits per heavy atom. The molecule has 0 aliphatic carbocycles. The van der Waals surface area contributed by atoms with E-state index in [1.807, 2.05) is 31.2 Å². The summed E-state index contributed by atoms with van der Waals surface area (Å²) < 4.78 is 6.59. The lowest BCUT2D eigenvalue weighted by Crippen LogP contribution is -2.30. The van der Waals surface area contributed by atoms with Crippen molar-refractivity contribution in [2.45, 2.75) is 26.3 Å². The molecule has 0 saturated heterocycles. The molecule has 1 aromatic carbocycles. The molecule has 122 valence electrons. The zero-order valence-corrected chi connectivity index (χ0v) is 13.4. The summed E-state index contributed by atoms with van der Waals surface area (Å²) in [5, 5.41) is 2.78. The summed E-state index contributed by atoms with van der Waals surface area (Å²) >= 11 is 0. The maximum Gasteiger partial charge on any atom is 0.253 e. The summed E-state index contributed by atoms with van der Waals surface area (Å²) in [6.45, 7) is 2.78. The highest BCUT2D eigenvalue weighted by atomic mass is 16.5. The molecule has 6 nitrogen and oxygen atoms in total. The minimum absolute atomic E-state index is 0.00311. The van der Waals surface area contributed by atoms with Gasteiger partial charge in [-0.3, -0.25) is 14.2 Å². The third-order valence-electron chi connectivity index (χ3n) is 3.42. The van der Waals surface area contributed by atoms with Crippen LogP contribution in [0, 0.1) is 0 Å². The van der Waals surface area contributed by atoms with E-state index in [1.165, 1.54) is 17.0 Å². The first-order valence-electron chi connectivity index (χ1n) is 7.61. The summed E-state index contributed by atoms with van der Waals surface area (Å²) in [5.74, 6) is 0.758. The van der Waals surface area contributed by atoms with Crippen molar-refractivity contribution in [3.8, 4) is 17.0 Å². The van der Waals surface area contributed by atoms with Crippen LogP contribution in [0.3, 0.4) is 0 Å². The third-order valence-corrected chi connectivity index (χ3v) is 3.42. The first-order chi connectivity index (χ1) is 11.1. The van der Waals surface area contributed by atoms with Crippen LogP contribution >= 0.6 is 0 Å². The minimum atomic E-state index is -0.143. The number of benzene rings is 1. The number of methoxy groups -OCH3 is 1. The fraction of sp³-hybridized carbons (Fsp3) is 0.353. The Bertz CT molecular complexity index is 708. The van der Waals surface area contributed by atoms with E-state index in [4.69, 9.17) is 4.74 Å². The smallest absolute Gasteiger partial charge is 0.253 e. The van der Waals surface area contributed by atoms with Crippen molar-refractivity contribution in [1.82, 2.24) is 14.9 Å². The second kappa shape index (κ2) is 8.12. The van der Waals surface area contributed by atoms with E-state index in [2.05, 4.69) is 10.3 Å². The quantitative estimate of drug-likeness (QED) is 0.846. The van der Waals surface area contributed by atoms with Crippen molar-refractivity contribution < 1.29 is 9.53 Å². The topological polar surface area (TPSA) is 73.2 Å². The largest absolute Gasteiger partial charge is 0.497 e. The molecule has 0 fully saturated rings. The van der Waals surface area contributed by atoms with Gasteiger partial charge in [-0.15, -0.1) is 0 Å². The van der Waals surface area contributed by atoms with Crippen molar-refractivity contribution in [1.29, 1.82) is 0 Å². The number of hydrogen-bond donors (Lipinski definition) is 1. The van der Waals surface area contributed by atoms with E-state index in [9.17, 15) is 9.59 Å². The molecule has 23 heavy (non-hydrogen) atoms. The molecule has 0 saturated carbocycles. The molecule has 2 rings (SSSR count). The molecule has 0 atom stereocenters. The monoisotopic (exact) mass is 315 g/mol. The molecule has 1 amide bonds. The van der Waals surface area contributed by atoms with E-state index in [0.29, 0.717) is 25.2 Å². The van der Waals surface area contributed by atoms with Gasteiger partial charge < -0.3 is 10.1 Å². The van der Waals surface area contributed by atoms with Crippen LogP contribution < -0.4 is 15.6 Å². The molecule has 6 heteroatoms. The van der Waals surface area contributed by atoms with Crippen molar-refractivity contribution in [2.75, 3.05) is 13.7 Å². The van der Waals surface area contributed by atoms with E-state index < -0.39 is 0 Å². The first-order valence-corrected chi connectivity index (χ1v) is 7.61. The molecule has 1 heterocycles. The average Bonchev–Trinajstić information content (AvgIpc) is 2.56. The van der Waals surface area contributed by atoms with Gasteiger partial charge in [0, 0.05) is 31.1 Å². The number of ether oxygens (including phenoxy) is 1. The number of aromatic nitrogens is 2. The van der Waals surface area contributed by atoms with Gasteiger partial charge in [-0.25, -0.2) is 4.98 Å². The van der Waals surface area contributed by atoms with Gasteiger partial charge in [-0.05, 0) is 30.7 Å². The highest BCUT2D eigenvalue weighted by molar-refractivity contribution is 5.75. The summed E-state index contributed by atoms with van der Waals surface area (Å²) in [7, 11) is 1.60. The van der Waals surface area contributed by atoms with E-state index in [1.54, 1.807) is 7.11 Å². The van der Waals surface area contributed by atoms with Crippen LogP contribution in [0.2, 0.25) is 0 Å². The van der Waals surface area contributed by atoms with Gasteiger partial charge in [0.25, 0.3) is 5.56 Å². The predicted molar refractivity (Wildman–Crippen MR) is 88.4 cm³/mol. The fourth-order valence-corrected chi connectivity index (χ4v) is 2.14. The van der Waals surface area contributed by atoms with Gasteiger partial charge in [0.1, 0.15) is 5.75 Å². The Hall–Kier alpha value is -2.63. The zero-order valence-electron chi connectivity index (χ0n) is 13.4. The fourth-order valence-electron chi connectivity index (χ4n) is 2.14. The second-order valence-corrected chi connectivity index (χ2v) is 5.13. The lowest BCUT2D eigenvalue weighted by atomic mass is 10.1. The molecule has 0 aliphatic heterocycles. The molecular weight excluding hydrogens is 294 g/mol. The number of nitrogens with zero attached hydrogens (tertiary/aromatic N) is 2. The van der Waals surface area contributed by atoms with Crippen LogP contribution in [0.5, 0.6) is 5.75 Å². The number of hydrogen-bond acceptors (Lipinski definition) is 4. The Labute approximate surface area is 135 Å². The average molecular weight is 315 g/mol. The second-order valence-electron chi connectivity index (χ2n) is 5.13. The third kappa shape index (κ3) is 4.67. The Kier molecular flexibility index (Phi) is 5.91. The lowest BCUT2D eigenvalue weighted by molar-refractivity contribution is -0.121. The van der Waals surface area contributed by atoms with Crippen LogP contribution in [0.1, 0.15) is 19.8 Å². The standard InChI is InChI=1S/C17H21N3O3/c1-3-4-16(21)18-9-10-20-12-19-15(11-17(20)22)13-5-7-14(23-2)8-6-13/h5-8,11-12H,3-4,9-10H2,1-2H3,(H,18,21). The van der Waals surface area contributed by atoms with Crippen molar-refractivity contribution in [3.05, 3.63) is 47.0 Å². The summed E-state index contributed by atoms with van der Waals surface area (Å²) in [4.78, 5) is 27.8. The molecule has 0 aliphatic rings. The number of carbonyl (C=O) groups is 1.